The zero-order valence-electron chi connectivity index (χ0n) is 22.5. The molecule has 1 saturated carbocycles. The van der Waals surface area contributed by atoms with Gasteiger partial charge in [-0.3, -0.25) is 4.79 Å². The van der Waals surface area contributed by atoms with Crippen molar-refractivity contribution in [2.75, 3.05) is 6.61 Å². The number of benzene rings is 3. The molecule has 5 rings (SSSR count). The molecule has 1 heterocycles. The number of aromatic nitrogens is 1. The molecule has 0 amide bonds. The van der Waals surface area contributed by atoms with Crippen LogP contribution >= 0.6 is 46.1 Å². The number of hydrogen-bond donors (Lipinski definition) is 2. The van der Waals surface area contributed by atoms with Gasteiger partial charge in [0, 0.05) is 27.8 Å². The molecule has 0 bridgehead atoms. The van der Waals surface area contributed by atoms with Gasteiger partial charge in [-0.15, -0.1) is 11.3 Å². The molecule has 0 spiro atoms. The minimum Gasteiger partial charge on any atom is -0.489 e. The molecule has 1 fully saturated rings. The van der Waals surface area contributed by atoms with Crippen LogP contribution < -0.4 is 10.5 Å². The van der Waals surface area contributed by atoms with Crippen LogP contribution in [0, 0.1) is 5.92 Å². The van der Waals surface area contributed by atoms with Crippen LogP contribution in [0.2, 0.25) is 15.1 Å². The number of carbonyl (C=O) groups excluding carboxylic acids is 1. The number of fused-ring (bicyclic) bond motifs is 1. The van der Waals surface area contributed by atoms with Gasteiger partial charge in [-0.25, -0.2) is 9.78 Å². The van der Waals surface area contributed by atoms with E-state index in [1.807, 2.05) is 12.1 Å². The van der Waals surface area contributed by atoms with Gasteiger partial charge in [0.05, 0.1) is 42.1 Å². The summed E-state index contributed by atoms with van der Waals surface area (Å²) in [6.07, 6.45) is 0.865. The lowest BCUT2D eigenvalue weighted by atomic mass is 9.95. The summed E-state index contributed by atoms with van der Waals surface area (Å²) < 4.78 is 6.87. The fourth-order valence-electron chi connectivity index (χ4n) is 4.99. The van der Waals surface area contributed by atoms with Crippen LogP contribution in [0.1, 0.15) is 59.6 Å². The first kappa shape index (κ1) is 29.4. The lowest BCUT2D eigenvalue weighted by Crippen LogP contribution is -2.21. The van der Waals surface area contributed by atoms with E-state index < -0.39 is 5.97 Å². The molecule has 0 aliphatic heterocycles. The second-order valence-electron chi connectivity index (χ2n) is 10.7. The number of Topliss-reactive ketones (excluding diaryl/α,β-unsaturated/α-hetero) is 1. The lowest BCUT2D eigenvalue weighted by molar-refractivity contribution is -0.118. The summed E-state index contributed by atoms with van der Waals surface area (Å²) in [6, 6.07) is 15.5. The first-order chi connectivity index (χ1) is 19.4. The maximum atomic E-state index is 13.1. The summed E-state index contributed by atoms with van der Waals surface area (Å²) in [5.74, 6) is -0.785. The average Bonchev–Trinajstić information content (AvgIpc) is 3.42. The Labute approximate surface area is 256 Å². The summed E-state index contributed by atoms with van der Waals surface area (Å²) in [5, 5.41) is 11.5. The van der Waals surface area contributed by atoms with Crippen LogP contribution in [-0.4, -0.2) is 28.4 Å². The van der Waals surface area contributed by atoms with Crippen molar-refractivity contribution in [2.45, 2.75) is 38.5 Å². The Morgan fingerprint density at radius 1 is 1.10 bits per heavy atom. The number of ether oxygens (including phenoxy) is 1. The molecule has 6 nitrogen and oxygen atoms in total. The lowest BCUT2D eigenvalue weighted by Gasteiger charge is -2.18. The number of hydrogen-bond acceptors (Lipinski definition) is 6. The zero-order valence-corrected chi connectivity index (χ0v) is 25.6. The number of thiazole rings is 1. The highest BCUT2D eigenvalue weighted by Crippen LogP contribution is 2.62. The second-order valence-corrected chi connectivity index (χ2v) is 12.9. The Kier molecular flexibility index (Phi) is 8.09. The monoisotopic (exact) mass is 628 g/mol. The number of halogens is 3. The summed E-state index contributed by atoms with van der Waals surface area (Å²) >= 11 is 21.0. The van der Waals surface area contributed by atoms with Gasteiger partial charge in [-0.05, 0) is 54.4 Å². The molecule has 3 aromatic carbocycles. The first-order valence-electron chi connectivity index (χ1n) is 12.9. The Morgan fingerprint density at radius 3 is 2.44 bits per heavy atom. The highest BCUT2D eigenvalue weighted by Gasteiger charge is 2.54. The van der Waals surface area contributed by atoms with Crippen molar-refractivity contribution >= 4 is 73.8 Å². The molecule has 212 valence electrons. The largest absolute Gasteiger partial charge is 0.489 e. The highest BCUT2D eigenvalue weighted by atomic mass is 35.5. The average molecular weight is 630 g/mol. The molecule has 1 aliphatic rings. The molecule has 1 aliphatic carbocycles. The van der Waals surface area contributed by atoms with Crippen molar-refractivity contribution in [3.63, 3.8) is 0 Å². The molecule has 41 heavy (non-hydrogen) atoms. The summed E-state index contributed by atoms with van der Waals surface area (Å²) in [7, 11) is 0. The van der Waals surface area contributed by atoms with Crippen LogP contribution in [-0.2, 0) is 10.2 Å². The maximum absolute atomic E-state index is 13.1. The number of nitrogens with two attached hydrogens (primary N) is 1. The van der Waals surface area contributed by atoms with Gasteiger partial charge in [0.25, 0.3) is 0 Å². The molecular weight excluding hydrogens is 603 g/mol. The zero-order chi connectivity index (χ0) is 29.6. The Bertz CT molecular complexity index is 1710. The minimum atomic E-state index is -0.960. The van der Waals surface area contributed by atoms with Crippen molar-refractivity contribution in [1.82, 2.24) is 4.98 Å². The molecule has 0 radical (unpaired) electrons. The molecular formula is C31H27Cl3N2O4S. The van der Waals surface area contributed by atoms with Crippen LogP contribution in [0.4, 0.5) is 0 Å². The topological polar surface area (TPSA) is 103 Å². The van der Waals surface area contributed by atoms with Gasteiger partial charge in [-0.1, -0.05) is 67.7 Å². The Balaban J connectivity index is 1.37. The summed E-state index contributed by atoms with van der Waals surface area (Å²) in [4.78, 5) is 29.2. The van der Waals surface area contributed by atoms with Crippen molar-refractivity contribution in [1.29, 1.82) is 0 Å². The molecule has 0 saturated heterocycles. The van der Waals surface area contributed by atoms with E-state index in [1.54, 1.807) is 56.3 Å². The van der Waals surface area contributed by atoms with E-state index in [0.29, 0.717) is 26.4 Å². The van der Waals surface area contributed by atoms with Crippen LogP contribution in [0.3, 0.4) is 0 Å². The highest BCUT2D eigenvalue weighted by molar-refractivity contribution is 7.18. The van der Waals surface area contributed by atoms with Crippen LogP contribution in [0.15, 0.2) is 60.2 Å². The van der Waals surface area contributed by atoms with Crippen LogP contribution in [0.25, 0.3) is 15.9 Å². The van der Waals surface area contributed by atoms with Crippen molar-refractivity contribution < 1.29 is 19.4 Å². The quantitative estimate of drug-likeness (QED) is 0.180. The Morgan fingerprint density at radius 2 is 1.80 bits per heavy atom. The SMILES string of the molecule is CC(C)C(=O)C(COc1ccc(C2(C)CC2c2nc3ccc(C(=O)O)cc3s2)c(Cl)c1)=C(N)c1c(Cl)cccc1Cl. The number of ketones is 1. The molecule has 2 atom stereocenters. The number of carboxylic acid groups (broad SMARTS) is 1. The third-order valence-corrected chi connectivity index (χ3v) is 9.58. The predicted molar refractivity (Wildman–Crippen MR) is 166 cm³/mol. The fraction of sp³-hybridized carbons (Fsp3) is 0.258. The molecule has 4 aromatic rings. The standard InChI is InChI=1S/C31H27Cl3N2O4S/c1-15(2)28(37)18(27(35)26-21(32)5-4-6-22(26)33)14-40-17-8-9-19(23(34)12-17)31(3)13-20(31)29-36-24-10-7-16(30(38)39)11-25(24)41-29/h4-12,15,20H,13-14,35H2,1-3H3,(H,38,39). The van der Waals surface area contributed by atoms with E-state index in [1.165, 1.54) is 11.3 Å². The third-order valence-electron chi connectivity index (χ3n) is 7.51. The molecule has 1 aromatic heterocycles. The van der Waals surface area contributed by atoms with Gasteiger partial charge < -0.3 is 15.6 Å². The van der Waals surface area contributed by atoms with E-state index >= 15 is 0 Å². The molecule has 3 N–H and O–H groups in total. The van der Waals surface area contributed by atoms with Gasteiger partial charge in [-0.2, -0.15) is 0 Å². The smallest absolute Gasteiger partial charge is 0.335 e. The van der Waals surface area contributed by atoms with E-state index in [4.69, 9.17) is 50.3 Å². The van der Waals surface area contributed by atoms with Crippen molar-refractivity contribution in [3.8, 4) is 5.75 Å². The number of aromatic carboxylic acids is 1. The molecule has 2 unspecified atom stereocenters. The van der Waals surface area contributed by atoms with Gasteiger partial charge in [0.15, 0.2) is 5.78 Å². The maximum Gasteiger partial charge on any atom is 0.335 e. The summed E-state index contributed by atoms with van der Waals surface area (Å²) in [5.41, 5.74) is 9.09. The third kappa shape index (κ3) is 5.69. The van der Waals surface area contributed by atoms with E-state index in [2.05, 4.69) is 6.92 Å². The number of rotatable bonds is 9. The molecule has 10 heteroatoms. The van der Waals surface area contributed by atoms with E-state index in [-0.39, 0.29) is 46.5 Å². The van der Waals surface area contributed by atoms with Gasteiger partial charge in [0.1, 0.15) is 12.4 Å². The normalized spacial score (nSPS) is 18.9. The Hall–Kier alpha value is -3.10. The fourth-order valence-corrected chi connectivity index (χ4v) is 7.23. The van der Waals surface area contributed by atoms with Crippen molar-refractivity contribution in [2.24, 2.45) is 11.7 Å². The number of nitrogens with zero attached hydrogens (tertiary/aromatic N) is 1. The minimum absolute atomic E-state index is 0.0794. The van der Waals surface area contributed by atoms with Gasteiger partial charge in [0.2, 0.25) is 0 Å². The van der Waals surface area contributed by atoms with Crippen molar-refractivity contribution in [3.05, 3.63) is 96.9 Å². The number of carboxylic acids is 1. The van der Waals surface area contributed by atoms with E-state index in [0.717, 1.165) is 27.2 Å². The number of carbonyl (C=O) groups is 2. The van der Waals surface area contributed by atoms with Gasteiger partial charge >= 0.3 is 5.97 Å². The first-order valence-corrected chi connectivity index (χ1v) is 14.9. The van der Waals surface area contributed by atoms with Crippen LogP contribution in [0.5, 0.6) is 5.75 Å². The summed E-state index contributed by atoms with van der Waals surface area (Å²) in [6.45, 7) is 5.64. The van der Waals surface area contributed by atoms with E-state index in [9.17, 15) is 14.7 Å². The second kappa shape index (κ2) is 11.3. The predicted octanol–water partition coefficient (Wildman–Crippen LogP) is 8.37.